The Balaban J connectivity index is 1.97. The minimum absolute atomic E-state index is 0.179. The second kappa shape index (κ2) is 4.49. The number of halogens is 1. The lowest BCUT2D eigenvalue weighted by Crippen LogP contribution is -2.38. The van der Waals surface area contributed by atoms with Gasteiger partial charge in [-0.15, -0.1) is 0 Å². The number of hydrogen-bond acceptors (Lipinski definition) is 3. The normalized spacial score (nSPS) is 25.5. The highest BCUT2D eigenvalue weighted by Crippen LogP contribution is 2.24. The number of hydrogen-bond donors (Lipinski definition) is 1. The molecule has 2 atom stereocenters. The Hall–Kier alpha value is -0.610. The Morgan fingerprint density at radius 3 is 2.93 bits per heavy atom. The SMILES string of the molecule is CC1CSCC1NC(=O)c1ccc(Cl)o1. The van der Waals surface area contributed by atoms with Crippen LogP contribution in [0.1, 0.15) is 17.5 Å². The van der Waals surface area contributed by atoms with E-state index in [-0.39, 0.29) is 22.9 Å². The molecule has 1 amide bonds. The Bertz CT molecular complexity index is 366. The first-order chi connectivity index (χ1) is 7.16. The van der Waals surface area contributed by atoms with Crippen LogP contribution < -0.4 is 5.32 Å². The van der Waals surface area contributed by atoms with E-state index >= 15 is 0 Å². The zero-order chi connectivity index (χ0) is 10.8. The zero-order valence-corrected chi connectivity index (χ0v) is 9.90. The summed E-state index contributed by atoms with van der Waals surface area (Å²) < 4.78 is 5.04. The number of carbonyl (C=O) groups excluding carboxylic acids is 1. The molecule has 0 aliphatic carbocycles. The average Bonchev–Trinajstić information content (AvgIpc) is 2.77. The highest BCUT2D eigenvalue weighted by atomic mass is 35.5. The van der Waals surface area contributed by atoms with Gasteiger partial charge in [-0.25, -0.2) is 0 Å². The van der Waals surface area contributed by atoms with Crippen molar-refractivity contribution in [3.8, 4) is 0 Å². The Labute approximate surface area is 97.5 Å². The van der Waals surface area contributed by atoms with Crippen molar-refractivity contribution >= 4 is 29.3 Å². The van der Waals surface area contributed by atoms with Crippen molar-refractivity contribution in [2.75, 3.05) is 11.5 Å². The smallest absolute Gasteiger partial charge is 0.287 e. The van der Waals surface area contributed by atoms with Crippen LogP contribution in [0.3, 0.4) is 0 Å². The topological polar surface area (TPSA) is 42.2 Å². The lowest BCUT2D eigenvalue weighted by Gasteiger charge is -2.15. The molecule has 0 spiro atoms. The van der Waals surface area contributed by atoms with Crippen LogP contribution in [0.25, 0.3) is 0 Å². The van der Waals surface area contributed by atoms with Gasteiger partial charge in [0.2, 0.25) is 0 Å². The van der Waals surface area contributed by atoms with E-state index in [4.69, 9.17) is 16.0 Å². The van der Waals surface area contributed by atoms with Gasteiger partial charge in [-0.2, -0.15) is 11.8 Å². The predicted molar refractivity (Wildman–Crippen MR) is 61.5 cm³/mol. The minimum Gasteiger partial charge on any atom is -0.440 e. The number of amides is 1. The summed E-state index contributed by atoms with van der Waals surface area (Å²) >= 11 is 7.46. The molecule has 1 N–H and O–H groups in total. The van der Waals surface area contributed by atoms with Gasteiger partial charge >= 0.3 is 0 Å². The number of carbonyl (C=O) groups is 1. The molecule has 1 aromatic rings. The van der Waals surface area contributed by atoms with E-state index in [2.05, 4.69) is 12.2 Å². The van der Waals surface area contributed by atoms with E-state index in [1.54, 1.807) is 12.1 Å². The molecule has 0 aromatic carbocycles. The summed E-state index contributed by atoms with van der Waals surface area (Å²) in [7, 11) is 0. The number of nitrogens with one attached hydrogen (secondary N) is 1. The first-order valence-corrected chi connectivity index (χ1v) is 6.34. The fraction of sp³-hybridized carbons (Fsp3) is 0.500. The first-order valence-electron chi connectivity index (χ1n) is 4.81. The van der Waals surface area contributed by atoms with Crippen molar-refractivity contribution in [3.05, 3.63) is 23.1 Å². The van der Waals surface area contributed by atoms with Crippen LogP contribution in [0, 0.1) is 5.92 Å². The molecule has 3 nitrogen and oxygen atoms in total. The third-order valence-electron chi connectivity index (χ3n) is 2.48. The zero-order valence-electron chi connectivity index (χ0n) is 8.33. The molecule has 15 heavy (non-hydrogen) atoms. The molecule has 1 aliphatic rings. The van der Waals surface area contributed by atoms with Gasteiger partial charge in [0.25, 0.3) is 5.91 Å². The molecule has 2 rings (SSSR count). The van der Waals surface area contributed by atoms with E-state index in [1.807, 2.05) is 11.8 Å². The molecule has 1 aliphatic heterocycles. The third kappa shape index (κ3) is 2.49. The van der Waals surface area contributed by atoms with Crippen molar-refractivity contribution in [3.63, 3.8) is 0 Å². The van der Waals surface area contributed by atoms with Crippen LogP contribution in [0.5, 0.6) is 0 Å². The molecule has 1 saturated heterocycles. The van der Waals surface area contributed by atoms with Crippen molar-refractivity contribution in [2.24, 2.45) is 5.92 Å². The van der Waals surface area contributed by atoms with E-state index < -0.39 is 0 Å². The first kappa shape index (κ1) is 10.9. The maximum atomic E-state index is 11.7. The Kier molecular flexibility index (Phi) is 3.26. The minimum atomic E-state index is -0.179. The number of rotatable bonds is 2. The summed E-state index contributed by atoms with van der Waals surface area (Å²) in [6.45, 7) is 2.14. The van der Waals surface area contributed by atoms with Crippen LogP contribution in [0.2, 0.25) is 5.22 Å². The lowest BCUT2D eigenvalue weighted by atomic mass is 10.1. The van der Waals surface area contributed by atoms with Gasteiger partial charge in [0.1, 0.15) is 0 Å². The third-order valence-corrected chi connectivity index (χ3v) is 4.04. The van der Waals surface area contributed by atoms with Gasteiger partial charge in [0.15, 0.2) is 11.0 Å². The molecule has 2 unspecified atom stereocenters. The van der Waals surface area contributed by atoms with Gasteiger partial charge in [0.05, 0.1) is 0 Å². The standard InChI is InChI=1S/C10H12ClNO2S/c1-6-4-15-5-7(6)12-10(13)8-2-3-9(11)14-8/h2-3,6-7H,4-5H2,1H3,(H,12,13). The molecular formula is C10H12ClNO2S. The summed E-state index contributed by atoms with van der Waals surface area (Å²) in [6.07, 6.45) is 0. The van der Waals surface area contributed by atoms with Crippen LogP contribution in [0.15, 0.2) is 16.5 Å². The molecule has 0 radical (unpaired) electrons. The van der Waals surface area contributed by atoms with Crippen LogP contribution >= 0.6 is 23.4 Å². The van der Waals surface area contributed by atoms with Gasteiger partial charge in [-0.3, -0.25) is 4.79 Å². The van der Waals surface area contributed by atoms with Gasteiger partial charge in [-0.05, 0) is 35.4 Å². The van der Waals surface area contributed by atoms with E-state index in [9.17, 15) is 4.79 Å². The highest BCUT2D eigenvalue weighted by Gasteiger charge is 2.26. The summed E-state index contributed by atoms with van der Waals surface area (Å²) in [4.78, 5) is 11.7. The number of thioether (sulfide) groups is 1. The summed E-state index contributed by atoms with van der Waals surface area (Å²) in [5, 5.41) is 3.19. The number of furan rings is 1. The van der Waals surface area contributed by atoms with E-state index in [0.717, 1.165) is 11.5 Å². The molecular weight excluding hydrogens is 234 g/mol. The van der Waals surface area contributed by atoms with Gasteiger partial charge in [0, 0.05) is 11.8 Å². The van der Waals surface area contributed by atoms with Crippen molar-refractivity contribution in [1.82, 2.24) is 5.32 Å². The second-order valence-electron chi connectivity index (χ2n) is 3.70. The quantitative estimate of drug-likeness (QED) is 0.870. The molecule has 5 heteroatoms. The fourth-order valence-corrected chi connectivity index (χ4v) is 3.07. The predicted octanol–water partition coefficient (Wildman–Crippen LogP) is 2.41. The molecule has 1 aromatic heterocycles. The lowest BCUT2D eigenvalue weighted by molar-refractivity contribution is 0.0905. The maximum Gasteiger partial charge on any atom is 0.287 e. The van der Waals surface area contributed by atoms with E-state index in [1.165, 1.54) is 0 Å². The molecule has 82 valence electrons. The average molecular weight is 246 g/mol. The highest BCUT2D eigenvalue weighted by molar-refractivity contribution is 7.99. The van der Waals surface area contributed by atoms with Gasteiger partial charge < -0.3 is 9.73 Å². The summed E-state index contributed by atoms with van der Waals surface area (Å²) in [5.74, 6) is 2.69. The monoisotopic (exact) mass is 245 g/mol. The van der Waals surface area contributed by atoms with Crippen LogP contribution in [0.4, 0.5) is 0 Å². The van der Waals surface area contributed by atoms with Crippen molar-refractivity contribution in [2.45, 2.75) is 13.0 Å². The summed E-state index contributed by atoms with van der Waals surface area (Å²) in [6, 6.07) is 3.40. The Morgan fingerprint density at radius 1 is 1.60 bits per heavy atom. The molecule has 0 bridgehead atoms. The Morgan fingerprint density at radius 2 is 2.40 bits per heavy atom. The van der Waals surface area contributed by atoms with Crippen molar-refractivity contribution in [1.29, 1.82) is 0 Å². The molecule has 0 saturated carbocycles. The second-order valence-corrected chi connectivity index (χ2v) is 5.15. The summed E-state index contributed by atoms with van der Waals surface area (Å²) in [5.41, 5.74) is 0. The van der Waals surface area contributed by atoms with Crippen LogP contribution in [-0.2, 0) is 0 Å². The molecule has 2 heterocycles. The maximum absolute atomic E-state index is 11.7. The fourth-order valence-electron chi connectivity index (χ4n) is 1.52. The van der Waals surface area contributed by atoms with Crippen LogP contribution in [-0.4, -0.2) is 23.5 Å². The largest absolute Gasteiger partial charge is 0.440 e. The van der Waals surface area contributed by atoms with Crippen molar-refractivity contribution < 1.29 is 9.21 Å². The van der Waals surface area contributed by atoms with Gasteiger partial charge in [-0.1, -0.05) is 6.92 Å². The molecule has 1 fully saturated rings. The van der Waals surface area contributed by atoms with E-state index in [0.29, 0.717) is 5.92 Å².